The number of carbonyl (C=O) groups excluding carboxylic acids is 1. The zero-order valence-corrected chi connectivity index (χ0v) is 20.4. The number of thiazole rings is 1. The first kappa shape index (κ1) is 23.6. The summed E-state index contributed by atoms with van der Waals surface area (Å²) in [5, 5.41) is 0.802. The summed E-state index contributed by atoms with van der Waals surface area (Å²) in [5.74, 6) is 1.70. The molecule has 0 aliphatic rings. The van der Waals surface area contributed by atoms with Crippen molar-refractivity contribution in [3.05, 3.63) is 48.0 Å². The van der Waals surface area contributed by atoms with Gasteiger partial charge in [0.25, 0.3) is 0 Å². The summed E-state index contributed by atoms with van der Waals surface area (Å²) in [6.07, 6.45) is 0.476. The zero-order chi connectivity index (χ0) is 22.2. The number of rotatable bonds is 11. The molecule has 3 aromatic rings. The van der Waals surface area contributed by atoms with Crippen LogP contribution in [0.1, 0.15) is 25.8 Å². The van der Waals surface area contributed by atoms with Gasteiger partial charge in [0.15, 0.2) is 5.13 Å². The fourth-order valence-electron chi connectivity index (χ4n) is 3.36. The van der Waals surface area contributed by atoms with Crippen molar-refractivity contribution in [2.24, 2.45) is 0 Å². The van der Waals surface area contributed by atoms with E-state index in [2.05, 4.69) is 37.8 Å². The molecule has 1 heterocycles. The minimum absolute atomic E-state index is 0.130. The molecule has 2 aromatic carbocycles. The Kier molecular flexibility index (Phi) is 8.75. The van der Waals surface area contributed by atoms with Gasteiger partial charge in [-0.25, -0.2) is 4.98 Å². The molecule has 0 N–H and O–H groups in total. The smallest absolute Gasteiger partial charge is 0.229 e. The Morgan fingerprint density at radius 1 is 1.10 bits per heavy atom. The standard InChI is InChI=1S/C24H31N3O2S2/c1-5-26(6-2)15-16-27(24-25-23-18(3)8-7-9-21(23)31-24)22(28)14-17-30-20-12-10-19(29-4)11-13-20/h7-13H,5-6,14-17H2,1-4H3. The first-order chi connectivity index (χ1) is 15.0. The van der Waals surface area contributed by atoms with Crippen molar-refractivity contribution in [2.75, 3.05) is 43.9 Å². The normalized spacial score (nSPS) is 11.3. The number of benzene rings is 2. The number of ether oxygens (including phenoxy) is 1. The fraction of sp³-hybridized carbons (Fsp3) is 0.417. The van der Waals surface area contributed by atoms with E-state index in [4.69, 9.17) is 9.72 Å². The third-order valence-corrected chi connectivity index (χ3v) is 7.38. The zero-order valence-electron chi connectivity index (χ0n) is 18.8. The molecule has 0 saturated heterocycles. The van der Waals surface area contributed by atoms with Gasteiger partial charge in [-0.3, -0.25) is 9.69 Å². The van der Waals surface area contributed by atoms with Crippen LogP contribution < -0.4 is 9.64 Å². The molecule has 0 spiro atoms. The average Bonchev–Trinajstić information content (AvgIpc) is 3.22. The first-order valence-electron chi connectivity index (χ1n) is 10.7. The van der Waals surface area contributed by atoms with E-state index in [9.17, 15) is 4.79 Å². The number of aryl methyl sites for hydroxylation is 1. The lowest BCUT2D eigenvalue weighted by Gasteiger charge is -2.24. The molecule has 3 rings (SSSR count). The fourth-order valence-corrected chi connectivity index (χ4v) is 5.29. The topological polar surface area (TPSA) is 45.7 Å². The van der Waals surface area contributed by atoms with Gasteiger partial charge in [0.1, 0.15) is 5.75 Å². The largest absolute Gasteiger partial charge is 0.497 e. The number of aromatic nitrogens is 1. The highest BCUT2D eigenvalue weighted by Crippen LogP contribution is 2.31. The molecular weight excluding hydrogens is 426 g/mol. The van der Waals surface area contributed by atoms with Crippen LogP contribution in [0.4, 0.5) is 5.13 Å². The van der Waals surface area contributed by atoms with E-state index in [-0.39, 0.29) is 5.91 Å². The van der Waals surface area contributed by atoms with Gasteiger partial charge in [0.2, 0.25) is 5.91 Å². The summed E-state index contributed by atoms with van der Waals surface area (Å²) < 4.78 is 6.34. The number of carbonyl (C=O) groups is 1. The Hall–Kier alpha value is -2.09. The van der Waals surface area contributed by atoms with E-state index >= 15 is 0 Å². The van der Waals surface area contributed by atoms with Gasteiger partial charge in [-0.15, -0.1) is 11.8 Å². The highest BCUT2D eigenvalue weighted by atomic mass is 32.2. The van der Waals surface area contributed by atoms with E-state index in [0.29, 0.717) is 13.0 Å². The highest BCUT2D eigenvalue weighted by Gasteiger charge is 2.20. The van der Waals surface area contributed by atoms with Crippen molar-refractivity contribution in [2.45, 2.75) is 32.1 Å². The predicted molar refractivity (Wildman–Crippen MR) is 133 cm³/mol. The van der Waals surface area contributed by atoms with Crippen molar-refractivity contribution in [1.82, 2.24) is 9.88 Å². The molecule has 5 nitrogen and oxygen atoms in total. The van der Waals surface area contributed by atoms with Crippen molar-refractivity contribution in [3.63, 3.8) is 0 Å². The van der Waals surface area contributed by atoms with Gasteiger partial charge in [-0.2, -0.15) is 0 Å². The lowest BCUT2D eigenvalue weighted by atomic mass is 10.2. The summed E-state index contributed by atoms with van der Waals surface area (Å²) in [6.45, 7) is 9.84. The quantitative estimate of drug-likeness (QED) is 0.357. The predicted octanol–water partition coefficient (Wildman–Crippen LogP) is 5.47. The molecule has 1 aromatic heterocycles. The van der Waals surface area contributed by atoms with E-state index in [1.54, 1.807) is 30.2 Å². The summed E-state index contributed by atoms with van der Waals surface area (Å²) in [6, 6.07) is 14.2. The maximum absolute atomic E-state index is 13.2. The summed E-state index contributed by atoms with van der Waals surface area (Å²) in [4.78, 5) is 23.4. The summed E-state index contributed by atoms with van der Waals surface area (Å²) in [5.41, 5.74) is 2.14. The Morgan fingerprint density at radius 3 is 2.48 bits per heavy atom. The molecule has 166 valence electrons. The van der Waals surface area contributed by atoms with Crippen molar-refractivity contribution >= 4 is 44.4 Å². The van der Waals surface area contributed by atoms with E-state index in [1.807, 2.05) is 35.2 Å². The Labute approximate surface area is 193 Å². The number of thioether (sulfide) groups is 1. The van der Waals surface area contributed by atoms with Crippen molar-refractivity contribution in [3.8, 4) is 5.75 Å². The Morgan fingerprint density at radius 2 is 1.84 bits per heavy atom. The SMILES string of the molecule is CCN(CC)CCN(C(=O)CCSc1ccc(OC)cc1)c1nc2c(C)cccc2s1. The molecule has 0 fully saturated rings. The van der Waals surface area contributed by atoms with Gasteiger partial charge in [0.05, 0.1) is 17.3 Å². The molecule has 0 aliphatic heterocycles. The molecular formula is C24H31N3O2S2. The lowest BCUT2D eigenvalue weighted by molar-refractivity contribution is -0.118. The van der Waals surface area contributed by atoms with Crippen LogP contribution in [0.2, 0.25) is 0 Å². The van der Waals surface area contributed by atoms with Crippen LogP contribution in [0, 0.1) is 6.92 Å². The van der Waals surface area contributed by atoms with Gasteiger partial charge >= 0.3 is 0 Å². The number of anilines is 1. The van der Waals surface area contributed by atoms with E-state index in [0.717, 1.165) is 56.9 Å². The molecule has 0 atom stereocenters. The van der Waals surface area contributed by atoms with E-state index in [1.165, 1.54) is 0 Å². The molecule has 0 saturated carbocycles. The van der Waals surface area contributed by atoms with Crippen LogP contribution in [-0.2, 0) is 4.79 Å². The van der Waals surface area contributed by atoms with Crippen molar-refractivity contribution < 1.29 is 9.53 Å². The van der Waals surface area contributed by atoms with Gasteiger partial charge in [-0.05, 0) is 55.9 Å². The number of hydrogen-bond acceptors (Lipinski definition) is 6. The molecule has 0 radical (unpaired) electrons. The minimum Gasteiger partial charge on any atom is -0.497 e. The van der Waals surface area contributed by atoms with E-state index < -0.39 is 0 Å². The Bertz CT molecular complexity index is 984. The maximum atomic E-state index is 13.2. The second-order valence-corrected chi connectivity index (χ2v) is 9.44. The summed E-state index contributed by atoms with van der Waals surface area (Å²) in [7, 11) is 1.66. The number of para-hydroxylation sites is 1. The summed E-state index contributed by atoms with van der Waals surface area (Å²) >= 11 is 3.29. The molecule has 31 heavy (non-hydrogen) atoms. The molecule has 7 heteroatoms. The second kappa shape index (κ2) is 11.5. The molecule has 0 bridgehead atoms. The number of likely N-dealkylation sites (N-methyl/N-ethyl adjacent to an activating group) is 1. The average molecular weight is 458 g/mol. The third kappa shape index (κ3) is 6.21. The number of methoxy groups -OCH3 is 1. The lowest BCUT2D eigenvalue weighted by Crippen LogP contribution is -2.39. The monoisotopic (exact) mass is 457 g/mol. The number of fused-ring (bicyclic) bond motifs is 1. The minimum atomic E-state index is 0.130. The van der Waals surface area contributed by atoms with Crippen LogP contribution >= 0.6 is 23.1 Å². The molecule has 0 unspecified atom stereocenters. The number of nitrogens with zero attached hydrogens (tertiary/aromatic N) is 3. The molecule has 1 amide bonds. The number of amides is 1. The maximum Gasteiger partial charge on any atom is 0.229 e. The molecule has 0 aliphatic carbocycles. The van der Waals surface area contributed by atoms with Crippen LogP contribution in [0.15, 0.2) is 47.4 Å². The van der Waals surface area contributed by atoms with Gasteiger partial charge < -0.3 is 9.64 Å². The third-order valence-electron chi connectivity index (χ3n) is 5.32. The highest BCUT2D eigenvalue weighted by molar-refractivity contribution is 7.99. The van der Waals surface area contributed by atoms with Crippen LogP contribution in [-0.4, -0.2) is 54.8 Å². The second-order valence-electron chi connectivity index (χ2n) is 7.26. The van der Waals surface area contributed by atoms with Crippen LogP contribution in [0.5, 0.6) is 5.75 Å². The van der Waals surface area contributed by atoms with Gasteiger partial charge in [-0.1, -0.05) is 37.3 Å². The first-order valence-corrected chi connectivity index (χ1v) is 12.5. The van der Waals surface area contributed by atoms with Crippen molar-refractivity contribution in [1.29, 1.82) is 0 Å². The Balaban J connectivity index is 1.71. The van der Waals surface area contributed by atoms with Gasteiger partial charge in [0, 0.05) is 30.2 Å². The van der Waals surface area contributed by atoms with Crippen LogP contribution in [0.3, 0.4) is 0 Å². The van der Waals surface area contributed by atoms with Crippen LogP contribution in [0.25, 0.3) is 10.2 Å². The number of hydrogen-bond donors (Lipinski definition) is 0.